The molecular weight excluding hydrogens is 347 g/mol. The highest BCUT2D eigenvalue weighted by molar-refractivity contribution is 7.93. The second-order valence-electron chi connectivity index (χ2n) is 5.45. The van der Waals surface area contributed by atoms with Crippen LogP contribution in [0, 0.1) is 12.7 Å². The van der Waals surface area contributed by atoms with E-state index < -0.39 is 27.4 Å². The Bertz CT molecular complexity index is 1100. The number of sulfonamides is 1. The number of nitrogens with zero attached hydrogens (tertiary/aromatic N) is 1. The first-order chi connectivity index (χ1) is 11.8. The third kappa shape index (κ3) is 3.29. The molecule has 8 heteroatoms. The van der Waals surface area contributed by atoms with Crippen molar-refractivity contribution in [3.63, 3.8) is 0 Å². The minimum Gasteiger partial charge on any atom is -0.478 e. The number of benzene rings is 2. The number of nitrogens with one attached hydrogen (secondary N) is 1. The van der Waals surface area contributed by atoms with E-state index in [9.17, 15) is 17.6 Å². The van der Waals surface area contributed by atoms with Gasteiger partial charge in [-0.05, 0) is 42.8 Å². The second-order valence-corrected chi connectivity index (χ2v) is 7.10. The zero-order valence-electron chi connectivity index (χ0n) is 13.0. The molecule has 0 spiro atoms. The number of aryl methyl sites for hydroxylation is 1. The molecule has 2 N–H and O–H groups in total. The summed E-state index contributed by atoms with van der Waals surface area (Å²) in [6, 6.07) is 9.52. The lowest BCUT2D eigenvalue weighted by molar-refractivity contribution is 0.0692. The van der Waals surface area contributed by atoms with Crippen LogP contribution in [0.15, 0.2) is 53.6 Å². The Labute approximate surface area is 143 Å². The molecule has 0 saturated carbocycles. The zero-order chi connectivity index (χ0) is 18.2. The van der Waals surface area contributed by atoms with Crippen molar-refractivity contribution in [2.24, 2.45) is 0 Å². The molecule has 128 valence electrons. The summed E-state index contributed by atoms with van der Waals surface area (Å²) in [7, 11) is -4.04. The highest BCUT2D eigenvalue weighted by Crippen LogP contribution is 2.25. The number of pyridine rings is 1. The smallest absolute Gasteiger partial charge is 0.338 e. The minimum atomic E-state index is -4.04. The number of fused-ring (bicyclic) bond motifs is 1. The molecule has 0 fully saturated rings. The number of hydrogen-bond donors (Lipinski definition) is 2. The lowest BCUT2D eigenvalue weighted by atomic mass is 10.2. The van der Waals surface area contributed by atoms with E-state index in [-0.39, 0.29) is 10.6 Å². The monoisotopic (exact) mass is 360 g/mol. The Balaban J connectivity index is 2.06. The highest BCUT2D eigenvalue weighted by Gasteiger charge is 2.20. The molecule has 0 bridgehead atoms. The van der Waals surface area contributed by atoms with Gasteiger partial charge in [0.1, 0.15) is 10.7 Å². The van der Waals surface area contributed by atoms with Crippen LogP contribution in [0.5, 0.6) is 0 Å². The van der Waals surface area contributed by atoms with E-state index in [1.54, 1.807) is 18.3 Å². The number of halogens is 1. The summed E-state index contributed by atoms with van der Waals surface area (Å²) in [6.07, 6.45) is 1.56. The van der Waals surface area contributed by atoms with Crippen molar-refractivity contribution >= 4 is 32.6 Å². The number of para-hydroxylation sites is 1. The SMILES string of the molecule is Cc1cnc2c(S(=O)(=O)Nc3ccc(F)c(C(=O)O)c3)cccc2c1. The van der Waals surface area contributed by atoms with Gasteiger partial charge in [-0.3, -0.25) is 9.71 Å². The van der Waals surface area contributed by atoms with Gasteiger partial charge in [0.05, 0.1) is 11.1 Å². The summed E-state index contributed by atoms with van der Waals surface area (Å²) in [6.45, 7) is 1.85. The first kappa shape index (κ1) is 16.8. The van der Waals surface area contributed by atoms with Crippen molar-refractivity contribution in [3.8, 4) is 0 Å². The lowest BCUT2D eigenvalue weighted by Gasteiger charge is -2.11. The van der Waals surface area contributed by atoms with E-state index in [1.807, 2.05) is 13.0 Å². The Kier molecular flexibility index (Phi) is 4.13. The fraction of sp³-hybridized carbons (Fsp3) is 0.0588. The molecule has 0 radical (unpaired) electrons. The van der Waals surface area contributed by atoms with Gasteiger partial charge in [0, 0.05) is 17.3 Å². The van der Waals surface area contributed by atoms with Crippen LogP contribution in [0.2, 0.25) is 0 Å². The zero-order valence-corrected chi connectivity index (χ0v) is 13.8. The van der Waals surface area contributed by atoms with Crippen LogP contribution < -0.4 is 4.72 Å². The largest absolute Gasteiger partial charge is 0.478 e. The van der Waals surface area contributed by atoms with Crippen LogP contribution in [-0.4, -0.2) is 24.5 Å². The molecular formula is C17H13FN2O4S. The number of carboxylic acids is 1. The van der Waals surface area contributed by atoms with Crippen LogP contribution >= 0.6 is 0 Å². The molecule has 3 aromatic rings. The fourth-order valence-electron chi connectivity index (χ4n) is 2.42. The summed E-state index contributed by atoms with van der Waals surface area (Å²) in [5, 5.41) is 9.61. The molecule has 0 atom stereocenters. The molecule has 0 aliphatic carbocycles. The standard InChI is InChI=1S/C17H13FN2O4S/c1-10-7-11-3-2-4-15(16(11)19-9-10)25(23,24)20-12-5-6-14(18)13(8-12)17(21)22/h2-9,20H,1H3,(H,21,22). The van der Waals surface area contributed by atoms with Crippen molar-refractivity contribution in [2.45, 2.75) is 11.8 Å². The van der Waals surface area contributed by atoms with Gasteiger partial charge in [0.25, 0.3) is 10.0 Å². The van der Waals surface area contributed by atoms with Crippen molar-refractivity contribution in [2.75, 3.05) is 4.72 Å². The Hall–Kier alpha value is -3.00. The van der Waals surface area contributed by atoms with Crippen LogP contribution in [0.25, 0.3) is 10.9 Å². The molecule has 6 nitrogen and oxygen atoms in total. The van der Waals surface area contributed by atoms with Gasteiger partial charge in [0.15, 0.2) is 0 Å². The van der Waals surface area contributed by atoms with Crippen molar-refractivity contribution in [1.82, 2.24) is 4.98 Å². The van der Waals surface area contributed by atoms with Gasteiger partial charge in [-0.15, -0.1) is 0 Å². The van der Waals surface area contributed by atoms with Gasteiger partial charge in [0.2, 0.25) is 0 Å². The molecule has 1 aromatic heterocycles. The molecule has 0 amide bonds. The fourth-order valence-corrected chi connectivity index (χ4v) is 3.65. The molecule has 0 aliphatic heterocycles. The van der Waals surface area contributed by atoms with Crippen molar-refractivity contribution < 1.29 is 22.7 Å². The van der Waals surface area contributed by atoms with E-state index in [4.69, 9.17) is 5.11 Å². The van der Waals surface area contributed by atoms with Gasteiger partial charge in [-0.2, -0.15) is 0 Å². The van der Waals surface area contributed by atoms with E-state index in [0.29, 0.717) is 10.9 Å². The summed E-state index contributed by atoms with van der Waals surface area (Å²) in [5.74, 6) is -2.43. The average molecular weight is 360 g/mol. The molecule has 0 aliphatic rings. The van der Waals surface area contributed by atoms with Crippen LogP contribution in [0.3, 0.4) is 0 Å². The van der Waals surface area contributed by atoms with E-state index in [1.165, 1.54) is 6.07 Å². The maximum Gasteiger partial charge on any atom is 0.338 e. The number of aromatic carboxylic acids is 1. The summed E-state index contributed by atoms with van der Waals surface area (Å²) in [4.78, 5) is 15.1. The number of aromatic nitrogens is 1. The predicted octanol–water partition coefficient (Wildman–Crippen LogP) is 3.18. The summed E-state index contributed by atoms with van der Waals surface area (Å²) < 4.78 is 41.1. The third-order valence-corrected chi connectivity index (χ3v) is 4.96. The van der Waals surface area contributed by atoms with Gasteiger partial charge in [-0.25, -0.2) is 17.6 Å². The van der Waals surface area contributed by atoms with Crippen LogP contribution in [0.4, 0.5) is 10.1 Å². The maximum absolute atomic E-state index is 13.5. The van der Waals surface area contributed by atoms with Gasteiger partial charge >= 0.3 is 5.97 Å². The first-order valence-corrected chi connectivity index (χ1v) is 8.67. The molecule has 1 heterocycles. The molecule has 3 rings (SSSR count). The number of anilines is 1. The van der Waals surface area contributed by atoms with E-state index in [0.717, 1.165) is 23.8 Å². The number of rotatable bonds is 4. The molecule has 0 unspecified atom stereocenters. The van der Waals surface area contributed by atoms with E-state index >= 15 is 0 Å². The normalized spacial score (nSPS) is 11.4. The van der Waals surface area contributed by atoms with Gasteiger partial charge < -0.3 is 5.11 Å². The topological polar surface area (TPSA) is 96.4 Å². The Morgan fingerprint density at radius 1 is 1.20 bits per heavy atom. The lowest BCUT2D eigenvalue weighted by Crippen LogP contribution is -2.14. The predicted molar refractivity (Wildman–Crippen MR) is 90.6 cm³/mol. The number of carboxylic acid groups (broad SMARTS) is 1. The third-order valence-electron chi connectivity index (χ3n) is 3.55. The highest BCUT2D eigenvalue weighted by atomic mass is 32.2. The average Bonchev–Trinajstić information content (AvgIpc) is 2.55. The summed E-state index contributed by atoms with van der Waals surface area (Å²) in [5.41, 5.74) is 0.510. The maximum atomic E-state index is 13.5. The van der Waals surface area contributed by atoms with E-state index in [2.05, 4.69) is 9.71 Å². The Morgan fingerprint density at radius 2 is 1.96 bits per heavy atom. The summed E-state index contributed by atoms with van der Waals surface area (Å²) >= 11 is 0. The Morgan fingerprint density at radius 3 is 2.68 bits per heavy atom. The quantitative estimate of drug-likeness (QED) is 0.745. The van der Waals surface area contributed by atoms with Crippen molar-refractivity contribution in [3.05, 3.63) is 65.6 Å². The molecule has 2 aromatic carbocycles. The second kappa shape index (κ2) is 6.14. The minimum absolute atomic E-state index is 0.0498. The molecule has 0 saturated heterocycles. The van der Waals surface area contributed by atoms with Crippen molar-refractivity contribution in [1.29, 1.82) is 0 Å². The number of hydrogen-bond acceptors (Lipinski definition) is 4. The van der Waals surface area contributed by atoms with Gasteiger partial charge in [-0.1, -0.05) is 12.1 Å². The molecule has 25 heavy (non-hydrogen) atoms. The number of carbonyl (C=O) groups is 1. The van der Waals surface area contributed by atoms with Crippen LogP contribution in [-0.2, 0) is 10.0 Å². The van der Waals surface area contributed by atoms with Crippen LogP contribution in [0.1, 0.15) is 15.9 Å². The first-order valence-electron chi connectivity index (χ1n) is 7.19.